The van der Waals surface area contributed by atoms with Crippen molar-refractivity contribution in [3.05, 3.63) is 65.9 Å². The van der Waals surface area contributed by atoms with Crippen LogP contribution < -0.4 is 5.32 Å². The molecule has 0 spiro atoms. The van der Waals surface area contributed by atoms with Crippen molar-refractivity contribution in [1.82, 2.24) is 20.2 Å². The van der Waals surface area contributed by atoms with E-state index in [4.69, 9.17) is 0 Å². The zero-order chi connectivity index (χ0) is 22.7. The normalized spacial score (nSPS) is 18.3. The zero-order valence-electron chi connectivity index (χ0n) is 18.0. The predicted octanol–water partition coefficient (Wildman–Crippen LogP) is 4.30. The molecule has 0 saturated heterocycles. The first kappa shape index (κ1) is 22.2. The van der Waals surface area contributed by atoms with Gasteiger partial charge in [-0.05, 0) is 67.7 Å². The highest BCUT2D eigenvalue weighted by molar-refractivity contribution is 7.98. The highest BCUT2D eigenvalue weighted by Crippen LogP contribution is 2.27. The fourth-order valence-corrected chi connectivity index (χ4v) is 4.64. The first-order chi connectivity index (χ1) is 15.5. The van der Waals surface area contributed by atoms with E-state index in [1.165, 1.54) is 23.9 Å². The molecule has 6 nitrogen and oxygen atoms in total. The standard InChI is InChI=1S/C24H25FN4O2S/c1-29(24(31)20-13-17(25)11-15-7-9-26-14-21(15)20)19-5-3-18(4-6-19)28-23(30)16-8-10-27-22(12-16)32-2/h7-14,18-19H,3-6H2,1-2H3,(H,28,30). The second kappa shape index (κ2) is 9.65. The van der Waals surface area contributed by atoms with E-state index in [0.717, 1.165) is 30.7 Å². The molecule has 1 aliphatic rings. The van der Waals surface area contributed by atoms with Crippen LogP contribution in [0.3, 0.4) is 0 Å². The molecule has 4 rings (SSSR count). The van der Waals surface area contributed by atoms with E-state index < -0.39 is 5.82 Å². The molecule has 3 aromatic rings. The minimum atomic E-state index is -0.437. The highest BCUT2D eigenvalue weighted by Gasteiger charge is 2.29. The van der Waals surface area contributed by atoms with Crippen molar-refractivity contribution in [2.24, 2.45) is 0 Å². The van der Waals surface area contributed by atoms with Crippen LogP contribution >= 0.6 is 11.8 Å². The molecule has 2 aromatic heterocycles. The van der Waals surface area contributed by atoms with Gasteiger partial charge in [0.25, 0.3) is 11.8 Å². The third-order valence-corrected chi connectivity index (χ3v) is 6.70. The van der Waals surface area contributed by atoms with Crippen molar-refractivity contribution in [3.8, 4) is 0 Å². The van der Waals surface area contributed by atoms with Crippen LogP contribution in [-0.2, 0) is 0 Å². The monoisotopic (exact) mass is 452 g/mol. The summed E-state index contributed by atoms with van der Waals surface area (Å²) in [5, 5.41) is 5.21. The number of fused-ring (bicyclic) bond motifs is 1. The van der Waals surface area contributed by atoms with Gasteiger partial charge in [-0.3, -0.25) is 14.6 Å². The number of carbonyl (C=O) groups is 2. The maximum absolute atomic E-state index is 14.1. The third-order valence-electron chi connectivity index (χ3n) is 6.06. The van der Waals surface area contributed by atoms with E-state index in [-0.39, 0.29) is 23.9 Å². The van der Waals surface area contributed by atoms with E-state index in [2.05, 4.69) is 15.3 Å². The average molecular weight is 453 g/mol. The van der Waals surface area contributed by atoms with Gasteiger partial charge in [-0.1, -0.05) is 0 Å². The van der Waals surface area contributed by atoms with Gasteiger partial charge >= 0.3 is 0 Å². The summed E-state index contributed by atoms with van der Waals surface area (Å²) in [5.41, 5.74) is 0.929. The van der Waals surface area contributed by atoms with Gasteiger partial charge in [0, 0.05) is 48.7 Å². The van der Waals surface area contributed by atoms with Crippen molar-refractivity contribution < 1.29 is 14.0 Å². The van der Waals surface area contributed by atoms with Crippen LogP contribution in [0.4, 0.5) is 4.39 Å². The van der Waals surface area contributed by atoms with Crippen molar-refractivity contribution in [3.63, 3.8) is 0 Å². The van der Waals surface area contributed by atoms with Gasteiger partial charge in [0.15, 0.2) is 0 Å². The zero-order valence-corrected chi connectivity index (χ0v) is 18.9. The van der Waals surface area contributed by atoms with Gasteiger partial charge in [-0.15, -0.1) is 11.8 Å². The molecular formula is C24H25FN4O2S. The molecule has 0 aliphatic heterocycles. The SMILES string of the molecule is CSc1cc(C(=O)NC2CCC(N(C)C(=O)c3cc(F)cc4ccncc34)CC2)ccn1. The van der Waals surface area contributed by atoms with Crippen molar-refractivity contribution in [1.29, 1.82) is 0 Å². The number of halogens is 1. The van der Waals surface area contributed by atoms with Crippen LogP contribution in [0.2, 0.25) is 0 Å². The fraction of sp³-hybridized carbons (Fsp3) is 0.333. The van der Waals surface area contributed by atoms with E-state index in [0.29, 0.717) is 21.9 Å². The van der Waals surface area contributed by atoms with Crippen molar-refractivity contribution in [2.75, 3.05) is 13.3 Å². The van der Waals surface area contributed by atoms with Gasteiger partial charge < -0.3 is 10.2 Å². The van der Waals surface area contributed by atoms with Crippen LogP contribution in [0.5, 0.6) is 0 Å². The van der Waals surface area contributed by atoms with Crippen molar-refractivity contribution in [2.45, 2.75) is 42.8 Å². The summed E-state index contributed by atoms with van der Waals surface area (Å²) in [5.74, 6) is -0.752. The summed E-state index contributed by atoms with van der Waals surface area (Å²) >= 11 is 1.50. The number of hydrogen-bond donors (Lipinski definition) is 1. The molecule has 2 heterocycles. The highest BCUT2D eigenvalue weighted by atomic mass is 32.2. The maximum Gasteiger partial charge on any atom is 0.254 e. The van der Waals surface area contributed by atoms with E-state index in [1.807, 2.05) is 6.26 Å². The molecule has 166 valence electrons. The molecule has 1 N–H and O–H groups in total. The summed E-state index contributed by atoms with van der Waals surface area (Å²) in [6.07, 6.45) is 9.85. The Kier molecular flexibility index (Phi) is 6.69. The molecular weight excluding hydrogens is 427 g/mol. The lowest BCUT2D eigenvalue weighted by atomic mass is 9.89. The Hall–Kier alpha value is -3.00. The Balaban J connectivity index is 1.39. The average Bonchev–Trinajstić information content (AvgIpc) is 2.83. The Morgan fingerprint density at radius 3 is 2.66 bits per heavy atom. The maximum atomic E-state index is 14.1. The number of hydrogen-bond acceptors (Lipinski definition) is 5. The summed E-state index contributed by atoms with van der Waals surface area (Å²) < 4.78 is 14.1. The summed E-state index contributed by atoms with van der Waals surface area (Å²) in [6, 6.07) is 8.00. The first-order valence-corrected chi connectivity index (χ1v) is 11.8. The summed E-state index contributed by atoms with van der Waals surface area (Å²) in [6.45, 7) is 0. The molecule has 1 saturated carbocycles. The molecule has 8 heteroatoms. The fourth-order valence-electron chi connectivity index (χ4n) is 4.23. The molecule has 2 amide bonds. The Morgan fingerprint density at radius 1 is 1.12 bits per heavy atom. The Morgan fingerprint density at radius 2 is 1.91 bits per heavy atom. The number of pyridine rings is 2. The van der Waals surface area contributed by atoms with Crippen LogP contribution in [-0.4, -0.2) is 52.1 Å². The van der Waals surface area contributed by atoms with Crippen LogP contribution in [0.1, 0.15) is 46.4 Å². The van der Waals surface area contributed by atoms with Gasteiger partial charge in [-0.2, -0.15) is 0 Å². The van der Waals surface area contributed by atoms with Gasteiger partial charge in [0.05, 0.1) is 10.6 Å². The van der Waals surface area contributed by atoms with E-state index in [1.54, 1.807) is 48.7 Å². The summed E-state index contributed by atoms with van der Waals surface area (Å²) in [4.78, 5) is 35.8. The number of carbonyl (C=O) groups excluding carboxylic acids is 2. The number of thioether (sulfide) groups is 1. The van der Waals surface area contributed by atoms with Gasteiger partial charge in [-0.25, -0.2) is 9.37 Å². The number of amides is 2. The molecule has 1 aliphatic carbocycles. The number of nitrogens with one attached hydrogen (secondary N) is 1. The first-order valence-electron chi connectivity index (χ1n) is 10.6. The van der Waals surface area contributed by atoms with E-state index in [9.17, 15) is 14.0 Å². The number of nitrogens with zero attached hydrogens (tertiary/aromatic N) is 3. The molecule has 0 atom stereocenters. The minimum Gasteiger partial charge on any atom is -0.349 e. The number of rotatable bonds is 5. The number of benzene rings is 1. The minimum absolute atomic E-state index is 0.0367. The quantitative estimate of drug-likeness (QED) is 0.584. The molecule has 0 bridgehead atoms. The third kappa shape index (κ3) is 4.75. The van der Waals surface area contributed by atoms with Gasteiger partial charge in [0.1, 0.15) is 5.82 Å². The van der Waals surface area contributed by atoms with Crippen LogP contribution in [0.25, 0.3) is 10.8 Å². The largest absolute Gasteiger partial charge is 0.349 e. The second-order valence-corrected chi connectivity index (χ2v) is 8.86. The molecule has 1 aromatic carbocycles. The lowest BCUT2D eigenvalue weighted by Gasteiger charge is -2.35. The van der Waals surface area contributed by atoms with Crippen molar-refractivity contribution >= 4 is 34.3 Å². The number of aromatic nitrogens is 2. The lowest BCUT2D eigenvalue weighted by molar-refractivity contribution is 0.0677. The second-order valence-electron chi connectivity index (χ2n) is 8.03. The predicted molar refractivity (Wildman–Crippen MR) is 123 cm³/mol. The van der Waals surface area contributed by atoms with Crippen LogP contribution in [0.15, 0.2) is 53.9 Å². The smallest absolute Gasteiger partial charge is 0.254 e. The molecule has 32 heavy (non-hydrogen) atoms. The van der Waals surface area contributed by atoms with Gasteiger partial charge in [0.2, 0.25) is 0 Å². The van der Waals surface area contributed by atoms with Crippen LogP contribution in [0, 0.1) is 5.82 Å². The molecule has 1 fully saturated rings. The molecule has 0 unspecified atom stereocenters. The molecule has 0 radical (unpaired) electrons. The van der Waals surface area contributed by atoms with E-state index >= 15 is 0 Å². The topological polar surface area (TPSA) is 75.2 Å². The lowest BCUT2D eigenvalue weighted by Crippen LogP contribution is -2.44. The summed E-state index contributed by atoms with van der Waals surface area (Å²) in [7, 11) is 1.76. The Bertz CT molecular complexity index is 1150. The Labute approximate surface area is 190 Å².